The van der Waals surface area contributed by atoms with Crippen molar-refractivity contribution in [1.82, 2.24) is 0 Å². The number of benzene rings is 1. The number of rotatable bonds is 2. The Hall–Kier alpha value is -0.570. The van der Waals surface area contributed by atoms with Crippen LogP contribution in [-0.4, -0.2) is 19.5 Å². The van der Waals surface area contributed by atoms with Gasteiger partial charge in [-0.05, 0) is 49.9 Å². The number of halogens is 1. The third kappa shape index (κ3) is 3.21. The maximum Gasteiger partial charge on any atom is 0.154 e. The summed E-state index contributed by atoms with van der Waals surface area (Å²) in [4.78, 5) is 0. The number of aryl methyl sites for hydroxylation is 1. The summed E-state index contributed by atoms with van der Waals surface area (Å²) in [5, 5.41) is 0.853. The highest BCUT2D eigenvalue weighted by Crippen LogP contribution is 2.25. The Morgan fingerprint density at radius 2 is 1.88 bits per heavy atom. The zero-order chi connectivity index (χ0) is 12.4. The molecule has 2 rings (SSSR count). The van der Waals surface area contributed by atoms with Crippen LogP contribution in [0.5, 0.6) is 0 Å². The molecule has 0 atom stereocenters. The molecule has 1 aliphatic rings. The Kier molecular flexibility index (Phi) is 4.08. The van der Waals surface area contributed by atoms with Gasteiger partial charge < -0.3 is 9.47 Å². The van der Waals surface area contributed by atoms with Crippen LogP contribution in [0, 0.1) is 19.8 Å². The van der Waals surface area contributed by atoms with Gasteiger partial charge in [0.15, 0.2) is 6.29 Å². The number of ether oxygens (including phenoxy) is 2. The van der Waals surface area contributed by atoms with Gasteiger partial charge in [-0.3, -0.25) is 0 Å². The lowest BCUT2D eigenvalue weighted by atomic mass is 9.95. The fourth-order valence-electron chi connectivity index (χ4n) is 2.17. The van der Waals surface area contributed by atoms with E-state index in [1.54, 1.807) is 0 Å². The van der Waals surface area contributed by atoms with E-state index in [0.29, 0.717) is 5.92 Å². The van der Waals surface area contributed by atoms with Crippen LogP contribution in [-0.2, 0) is 15.9 Å². The lowest BCUT2D eigenvalue weighted by Gasteiger charge is -2.27. The summed E-state index contributed by atoms with van der Waals surface area (Å²) < 4.78 is 11.0. The third-order valence-electron chi connectivity index (χ3n) is 3.24. The molecule has 0 aliphatic carbocycles. The predicted octanol–water partition coefficient (Wildman–Crippen LogP) is 3.51. The number of hydrogen-bond acceptors (Lipinski definition) is 2. The van der Waals surface area contributed by atoms with E-state index in [4.69, 9.17) is 21.1 Å². The molecule has 17 heavy (non-hydrogen) atoms. The molecule has 0 N–H and O–H groups in total. The molecule has 1 aliphatic heterocycles. The minimum atomic E-state index is -0.0616. The molecule has 0 amide bonds. The molecule has 0 radical (unpaired) electrons. The molecule has 94 valence electrons. The van der Waals surface area contributed by atoms with Crippen molar-refractivity contribution in [3.8, 4) is 0 Å². The summed E-state index contributed by atoms with van der Waals surface area (Å²) in [6.07, 6.45) is 0.911. The van der Waals surface area contributed by atoms with E-state index in [0.717, 1.165) is 24.7 Å². The lowest BCUT2D eigenvalue weighted by Crippen LogP contribution is -2.31. The highest BCUT2D eigenvalue weighted by molar-refractivity contribution is 6.31. The van der Waals surface area contributed by atoms with Gasteiger partial charge in [-0.2, -0.15) is 0 Å². The van der Waals surface area contributed by atoms with Crippen LogP contribution in [0.1, 0.15) is 23.6 Å². The van der Waals surface area contributed by atoms with Crippen molar-refractivity contribution in [3.63, 3.8) is 0 Å². The first-order chi connectivity index (χ1) is 8.06. The van der Waals surface area contributed by atoms with Crippen LogP contribution >= 0.6 is 11.6 Å². The summed E-state index contributed by atoms with van der Waals surface area (Å²) in [5.41, 5.74) is 3.69. The van der Waals surface area contributed by atoms with Gasteiger partial charge in [-0.25, -0.2) is 0 Å². The topological polar surface area (TPSA) is 18.5 Å². The Bertz CT molecular complexity index is 395. The van der Waals surface area contributed by atoms with Crippen LogP contribution in [0.3, 0.4) is 0 Å². The largest absolute Gasteiger partial charge is 0.353 e. The fraction of sp³-hybridized carbons (Fsp3) is 0.571. The first-order valence-electron chi connectivity index (χ1n) is 6.05. The predicted molar refractivity (Wildman–Crippen MR) is 69.5 cm³/mol. The molecule has 2 nitrogen and oxygen atoms in total. The summed E-state index contributed by atoms with van der Waals surface area (Å²) in [6.45, 7) is 7.62. The molecule has 1 heterocycles. The minimum Gasteiger partial charge on any atom is -0.353 e. The quantitative estimate of drug-likeness (QED) is 0.804. The van der Waals surface area contributed by atoms with Crippen molar-refractivity contribution in [3.05, 3.63) is 33.8 Å². The van der Waals surface area contributed by atoms with Crippen molar-refractivity contribution in [2.75, 3.05) is 13.2 Å². The van der Waals surface area contributed by atoms with Gasteiger partial charge in [-0.1, -0.05) is 17.7 Å². The van der Waals surface area contributed by atoms with Gasteiger partial charge in [0.25, 0.3) is 0 Å². The molecular formula is C14H19ClO2. The van der Waals surface area contributed by atoms with E-state index in [-0.39, 0.29) is 6.29 Å². The van der Waals surface area contributed by atoms with Gasteiger partial charge in [0, 0.05) is 10.9 Å². The second kappa shape index (κ2) is 5.38. The Morgan fingerprint density at radius 1 is 1.24 bits per heavy atom. The smallest absolute Gasteiger partial charge is 0.154 e. The van der Waals surface area contributed by atoms with Gasteiger partial charge in [0.1, 0.15) is 0 Å². The number of hydrogen-bond donors (Lipinski definition) is 0. The zero-order valence-electron chi connectivity index (χ0n) is 10.6. The summed E-state index contributed by atoms with van der Waals surface area (Å²) >= 11 is 6.20. The Balaban J connectivity index is 2.08. The van der Waals surface area contributed by atoms with Crippen molar-refractivity contribution < 1.29 is 9.47 Å². The molecule has 0 unspecified atom stereocenters. The van der Waals surface area contributed by atoms with Crippen LogP contribution in [0.2, 0.25) is 5.02 Å². The first-order valence-corrected chi connectivity index (χ1v) is 6.43. The zero-order valence-corrected chi connectivity index (χ0v) is 11.4. The highest BCUT2D eigenvalue weighted by Gasteiger charge is 2.20. The fourth-order valence-corrected chi connectivity index (χ4v) is 2.46. The second-order valence-corrected chi connectivity index (χ2v) is 5.24. The Morgan fingerprint density at radius 3 is 2.53 bits per heavy atom. The molecule has 1 aromatic carbocycles. The van der Waals surface area contributed by atoms with Crippen molar-refractivity contribution >= 4 is 11.6 Å². The highest BCUT2D eigenvalue weighted by atomic mass is 35.5. The van der Waals surface area contributed by atoms with Gasteiger partial charge >= 0.3 is 0 Å². The van der Waals surface area contributed by atoms with E-state index in [1.165, 1.54) is 16.7 Å². The maximum atomic E-state index is 6.20. The molecule has 3 heteroatoms. The maximum absolute atomic E-state index is 6.20. The van der Waals surface area contributed by atoms with E-state index >= 15 is 0 Å². The molecular weight excluding hydrogens is 236 g/mol. The van der Waals surface area contributed by atoms with Crippen LogP contribution < -0.4 is 0 Å². The van der Waals surface area contributed by atoms with E-state index in [9.17, 15) is 0 Å². The Labute approximate surface area is 108 Å². The molecule has 0 saturated carbocycles. The SMILES string of the molecule is Cc1cc(Cl)c(C)c(C[C@H]2CO[C@H](C)OC2)c1. The average molecular weight is 255 g/mol. The summed E-state index contributed by atoms with van der Waals surface area (Å²) in [7, 11) is 0. The van der Waals surface area contributed by atoms with Crippen LogP contribution in [0.4, 0.5) is 0 Å². The minimum absolute atomic E-state index is 0.0616. The first kappa shape index (κ1) is 12.9. The second-order valence-electron chi connectivity index (χ2n) is 4.84. The van der Waals surface area contributed by atoms with E-state index < -0.39 is 0 Å². The monoisotopic (exact) mass is 254 g/mol. The van der Waals surface area contributed by atoms with Crippen molar-refractivity contribution in [2.45, 2.75) is 33.5 Å². The normalized spacial score (nSPS) is 24.9. The van der Waals surface area contributed by atoms with E-state index in [2.05, 4.69) is 19.9 Å². The van der Waals surface area contributed by atoms with Crippen LogP contribution in [0.15, 0.2) is 12.1 Å². The van der Waals surface area contributed by atoms with Crippen LogP contribution in [0.25, 0.3) is 0 Å². The molecule has 0 bridgehead atoms. The average Bonchev–Trinajstić information content (AvgIpc) is 2.28. The standard InChI is InChI=1S/C14H19ClO2/c1-9-4-13(10(2)14(15)5-9)6-12-7-16-11(3)17-8-12/h4-5,11-12H,6-8H2,1-3H3/t11-,12-. The molecule has 0 spiro atoms. The van der Waals surface area contributed by atoms with Crippen molar-refractivity contribution in [1.29, 1.82) is 0 Å². The van der Waals surface area contributed by atoms with Gasteiger partial charge in [-0.15, -0.1) is 0 Å². The van der Waals surface area contributed by atoms with E-state index in [1.807, 2.05) is 13.0 Å². The van der Waals surface area contributed by atoms with Gasteiger partial charge in [0.2, 0.25) is 0 Å². The molecule has 1 fully saturated rings. The third-order valence-corrected chi connectivity index (χ3v) is 3.63. The van der Waals surface area contributed by atoms with Crippen molar-refractivity contribution in [2.24, 2.45) is 5.92 Å². The summed E-state index contributed by atoms with van der Waals surface area (Å²) in [6, 6.07) is 4.22. The lowest BCUT2D eigenvalue weighted by molar-refractivity contribution is -0.189. The summed E-state index contributed by atoms with van der Waals surface area (Å²) in [5.74, 6) is 0.433. The molecule has 1 aromatic rings. The molecule has 0 aromatic heterocycles. The van der Waals surface area contributed by atoms with Gasteiger partial charge in [0.05, 0.1) is 13.2 Å². The molecule has 1 saturated heterocycles.